The molecular weight excluding hydrogens is 270 g/mol. The summed E-state index contributed by atoms with van der Waals surface area (Å²) in [6, 6.07) is 14.4. The zero-order chi connectivity index (χ0) is 16.9. The molecule has 0 fully saturated rings. The first kappa shape index (κ1) is 17.9. The second-order valence-corrected chi connectivity index (χ2v) is 6.79. The minimum atomic E-state index is 0.285. The van der Waals surface area contributed by atoms with Crippen LogP contribution in [0.4, 0.5) is 17.1 Å². The molecule has 120 valence electrons. The van der Waals surface area contributed by atoms with Crippen molar-refractivity contribution in [2.45, 2.75) is 33.1 Å². The first-order valence-corrected chi connectivity index (χ1v) is 7.51. The Morgan fingerprint density at radius 3 is 1.82 bits per heavy atom. The Hall–Kier alpha value is -2.16. The molecule has 2 aromatic rings. The predicted octanol–water partition coefficient (Wildman–Crippen LogP) is 4.21. The summed E-state index contributed by atoms with van der Waals surface area (Å²) in [7, 11) is 3.87. The molecule has 0 saturated heterocycles. The predicted molar refractivity (Wildman–Crippen MR) is 99.5 cm³/mol. The highest BCUT2D eigenvalue weighted by Crippen LogP contribution is 2.26. The molecule has 0 radical (unpaired) electrons. The molecule has 0 aromatic heterocycles. The van der Waals surface area contributed by atoms with Crippen molar-refractivity contribution in [3.05, 3.63) is 53.6 Å². The minimum absolute atomic E-state index is 0.285. The van der Waals surface area contributed by atoms with Crippen LogP contribution >= 0.6 is 0 Å². The summed E-state index contributed by atoms with van der Waals surface area (Å²) < 4.78 is 0. The van der Waals surface area contributed by atoms with Crippen LogP contribution in [-0.2, 0) is 5.41 Å². The van der Waals surface area contributed by atoms with Crippen molar-refractivity contribution in [2.75, 3.05) is 30.5 Å². The third-order valence-corrected chi connectivity index (χ3v) is 3.52. The number of rotatable bonds is 1. The molecule has 22 heavy (non-hydrogen) atoms. The number of aryl methyl sites for hydroxylation is 1. The van der Waals surface area contributed by atoms with E-state index in [1.54, 1.807) is 6.07 Å². The van der Waals surface area contributed by atoms with Gasteiger partial charge in [-0.05, 0) is 30.0 Å². The van der Waals surface area contributed by atoms with Gasteiger partial charge in [-0.2, -0.15) is 0 Å². The van der Waals surface area contributed by atoms with Crippen molar-refractivity contribution in [2.24, 2.45) is 0 Å². The molecule has 2 rings (SSSR count). The number of nitrogen functional groups attached to an aromatic ring is 2. The van der Waals surface area contributed by atoms with Crippen molar-refractivity contribution < 1.29 is 0 Å². The number of nitrogens with zero attached hydrogens (tertiary/aromatic N) is 1. The van der Waals surface area contributed by atoms with Crippen LogP contribution in [0.1, 0.15) is 31.9 Å². The van der Waals surface area contributed by atoms with E-state index in [1.165, 1.54) is 11.1 Å². The Balaban J connectivity index is 0.000000220. The number of hydrogen-bond acceptors (Lipinski definition) is 3. The number of anilines is 3. The van der Waals surface area contributed by atoms with Gasteiger partial charge in [-0.25, -0.2) is 0 Å². The van der Waals surface area contributed by atoms with Gasteiger partial charge in [0.2, 0.25) is 0 Å². The molecule has 0 heterocycles. The molecule has 0 bridgehead atoms. The van der Waals surface area contributed by atoms with Gasteiger partial charge in [0.1, 0.15) is 0 Å². The lowest BCUT2D eigenvalue weighted by atomic mass is 9.87. The van der Waals surface area contributed by atoms with Gasteiger partial charge in [0, 0.05) is 14.1 Å². The van der Waals surface area contributed by atoms with Gasteiger partial charge >= 0.3 is 0 Å². The van der Waals surface area contributed by atoms with Crippen LogP contribution in [0, 0.1) is 6.92 Å². The third-order valence-electron chi connectivity index (χ3n) is 3.52. The Morgan fingerprint density at radius 2 is 1.41 bits per heavy atom. The summed E-state index contributed by atoms with van der Waals surface area (Å²) in [5.74, 6) is 0. The molecule has 2 aromatic carbocycles. The molecule has 0 unspecified atom stereocenters. The summed E-state index contributed by atoms with van der Waals surface area (Å²) in [6.45, 7) is 8.82. The molecular formula is C19H29N3. The summed E-state index contributed by atoms with van der Waals surface area (Å²) >= 11 is 0. The molecule has 0 aliphatic carbocycles. The molecule has 3 heteroatoms. The van der Waals surface area contributed by atoms with E-state index >= 15 is 0 Å². The maximum absolute atomic E-state index is 5.72. The van der Waals surface area contributed by atoms with Crippen LogP contribution < -0.4 is 16.4 Å². The normalized spacial score (nSPS) is 10.6. The van der Waals surface area contributed by atoms with Crippen molar-refractivity contribution in [3.63, 3.8) is 0 Å². The Labute approximate surface area is 134 Å². The monoisotopic (exact) mass is 299 g/mol. The lowest BCUT2D eigenvalue weighted by Gasteiger charge is -2.18. The summed E-state index contributed by atoms with van der Waals surface area (Å²) in [5, 5.41) is 0. The minimum Gasteiger partial charge on any atom is -0.397 e. The molecule has 0 saturated carbocycles. The Bertz CT molecular complexity index is 593. The van der Waals surface area contributed by atoms with Gasteiger partial charge in [0.25, 0.3) is 0 Å². The van der Waals surface area contributed by atoms with Crippen LogP contribution in [0.5, 0.6) is 0 Å². The highest BCUT2D eigenvalue weighted by molar-refractivity contribution is 5.78. The first-order chi connectivity index (χ1) is 10.1. The molecule has 0 aliphatic heterocycles. The molecule has 0 amide bonds. The van der Waals surface area contributed by atoms with Gasteiger partial charge in [0.05, 0.1) is 17.1 Å². The van der Waals surface area contributed by atoms with Crippen molar-refractivity contribution in [1.29, 1.82) is 0 Å². The van der Waals surface area contributed by atoms with Gasteiger partial charge in [-0.1, -0.05) is 56.7 Å². The second kappa shape index (κ2) is 7.21. The van der Waals surface area contributed by atoms with E-state index in [9.17, 15) is 0 Å². The second-order valence-electron chi connectivity index (χ2n) is 6.79. The fourth-order valence-electron chi connectivity index (χ4n) is 2.01. The van der Waals surface area contributed by atoms with E-state index in [0.717, 1.165) is 5.69 Å². The SMILES string of the molecule is CN(C)c1cccc(N)c1N.Cc1ccc(C(C)(C)C)cc1. The fraction of sp³-hybridized carbons (Fsp3) is 0.368. The van der Waals surface area contributed by atoms with E-state index in [4.69, 9.17) is 11.5 Å². The number of para-hydroxylation sites is 1. The Kier molecular flexibility index (Phi) is 5.86. The van der Waals surface area contributed by atoms with E-state index < -0.39 is 0 Å². The average molecular weight is 299 g/mol. The van der Waals surface area contributed by atoms with Gasteiger partial charge < -0.3 is 16.4 Å². The highest BCUT2D eigenvalue weighted by atomic mass is 15.1. The van der Waals surface area contributed by atoms with Crippen molar-refractivity contribution in [3.8, 4) is 0 Å². The van der Waals surface area contributed by atoms with E-state index in [2.05, 4.69) is 52.0 Å². The van der Waals surface area contributed by atoms with Gasteiger partial charge in [-0.3, -0.25) is 0 Å². The van der Waals surface area contributed by atoms with Crippen LogP contribution in [0.2, 0.25) is 0 Å². The highest BCUT2D eigenvalue weighted by Gasteiger charge is 2.11. The molecule has 0 spiro atoms. The number of hydrogen-bond donors (Lipinski definition) is 2. The quantitative estimate of drug-likeness (QED) is 0.776. The van der Waals surface area contributed by atoms with Gasteiger partial charge in [0.15, 0.2) is 0 Å². The fourth-order valence-corrected chi connectivity index (χ4v) is 2.01. The van der Waals surface area contributed by atoms with Crippen molar-refractivity contribution in [1.82, 2.24) is 0 Å². The maximum Gasteiger partial charge on any atom is 0.0785 e. The zero-order valence-corrected chi connectivity index (χ0v) is 14.6. The number of nitrogens with two attached hydrogens (primary N) is 2. The average Bonchev–Trinajstić information content (AvgIpc) is 2.41. The smallest absolute Gasteiger partial charge is 0.0785 e. The largest absolute Gasteiger partial charge is 0.397 e. The summed E-state index contributed by atoms with van der Waals surface area (Å²) in [4.78, 5) is 1.94. The maximum atomic E-state index is 5.72. The van der Waals surface area contributed by atoms with E-state index in [1.807, 2.05) is 31.1 Å². The van der Waals surface area contributed by atoms with E-state index in [0.29, 0.717) is 11.4 Å². The molecule has 4 N–H and O–H groups in total. The van der Waals surface area contributed by atoms with E-state index in [-0.39, 0.29) is 5.41 Å². The molecule has 3 nitrogen and oxygen atoms in total. The van der Waals surface area contributed by atoms with Gasteiger partial charge in [-0.15, -0.1) is 0 Å². The van der Waals surface area contributed by atoms with Crippen molar-refractivity contribution >= 4 is 17.1 Å². The van der Waals surface area contributed by atoms with Crippen LogP contribution in [0.25, 0.3) is 0 Å². The molecule has 0 atom stereocenters. The topological polar surface area (TPSA) is 55.3 Å². The first-order valence-electron chi connectivity index (χ1n) is 7.51. The zero-order valence-electron chi connectivity index (χ0n) is 14.6. The lowest BCUT2D eigenvalue weighted by Crippen LogP contribution is -2.11. The lowest BCUT2D eigenvalue weighted by molar-refractivity contribution is 0.590. The number of benzene rings is 2. The molecule has 0 aliphatic rings. The standard InChI is InChI=1S/C11H16.C8H13N3/c1-9-5-7-10(8-6-9)11(2,3)4;1-11(2)7-5-3-4-6(9)8(7)10/h5-8H,1-4H3;3-5H,9-10H2,1-2H3. The third kappa shape index (κ3) is 4.99. The Morgan fingerprint density at radius 1 is 0.864 bits per heavy atom. The summed E-state index contributed by atoms with van der Waals surface area (Å²) in [6.07, 6.45) is 0. The summed E-state index contributed by atoms with van der Waals surface area (Å²) in [5.41, 5.74) is 16.6. The van der Waals surface area contributed by atoms with Crippen LogP contribution in [0.3, 0.4) is 0 Å². The van der Waals surface area contributed by atoms with Crippen LogP contribution in [0.15, 0.2) is 42.5 Å². The van der Waals surface area contributed by atoms with Crippen LogP contribution in [-0.4, -0.2) is 14.1 Å².